The Labute approximate surface area is 174 Å². The van der Waals surface area contributed by atoms with Crippen molar-refractivity contribution in [3.63, 3.8) is 0 Å². The molecule has 0 atom stereocenters. The number of hydrogen-bond donors (Lipinski definition) is 1. The predicted molar refractivity (Wildman–Crippen MR) is 112 cm³/mol. The van der Waals surface area contributed by atoms with Crippen molar-refractivity contribution in [2.75, 3.05) is 0 Å². The molecule has 4 nitrogen and oxygen atoms in total. The topological polar surface area (TPSA) is 51.5 Å². The molecular weight excluding hydrogens is 408 g/mol. The zero-order valence-electron chi connectivity index (χ0n) is 16.0. The first-order valence-electron chi connectivity index (χ1n) is 9.43. The van der Waals surface area contributed by atoms with Crippen molar-refractivity contribution in [1.29, 1.82) is 0 Å². The van der Waals surface area contributed by atoms with Crippen molar-refractivity contribution in [2.45, 2.75) is 18.4 Å². The van der Waals surface area contributed by atoms with Gasteiger partial charge in [-0.15, -0.1) is 11.3 Å². The molecule has 2 aromatic heterocycles. The molecule has 0 bridgehead atoms. The van der Waals surface area contributed by atoms with Crippen molar-refractivity contribution >= 4 is 21.4 Å². The van der Waals surface area contributed by atoms with Gasteiger partial charge in [-0.25, -0.2) is 8.78 Å². The largest absolute Gasteiger partial charge is 0.451 e. The van der Waals surface area contributed by atoms with Crippen LogP contribution in [0.3, 0.4) is 0 Å². The highest BCUT2D eigenvalue weighted by atomic mass is 32.1. The second-order valence-corrected chi connectivity index (χ2v) is 8.43. The Morgan fingerprint density at radius 2 is 1.83 bits per heavy atom. The number of ether oxygens (including phenoxy) is 1. The first-order valence-corrected chi connectivity index (χ1v) is 10.3. The van der Waals surface area contributed by atoms with E-state index < -0.39 is 23.0 Å². The first-order chi connectivity index (χ1) is 14.4. The summed E-state index contributed by atoms with van der Waals surface area (Å²) in [5, 5.41) is 13.0. The highest BCUT2D eigenvalue weighted by molar-refractivity contribution is 7.17. The Bertz CT molecular complexity index is 1330. The van der Waals surface area contributed by atoms with Gasteiger partial charge in [-0.1, -0.05) is 12.1 Å². The molecule has 0 aliphatic heterocycles. The molecule has 1 aliphatic carbocycles. The number of halogens is 2. The van der Waals surface area contributed by atoms with Crippen LogP contribution in [0.4, 0.5) is 8.78 Å². The Hall–Kier alpha value is -3.03. The third-order valence-corrected chi connectivity index (χ3v) is 6.39. The van der Waals surface area contributed by atoms with Crippen molar-refractivity contribution in [2.24, 2.45) is 7.05 Å². The maximum atomic E-state index is 14.2. The Morgan fingerprint density at radius 1 is 1.10 bits per heavy atom. The quantitative estimate of drug-likeness (QED) is 0.482. The lowest BCUT2D eigenvalue weighted by Crippen LogP contribution is -2.15. The monoisotopic (exact) mass is 425 g/mol. The summed E-state index contributed by atoms with van der Waals surface area (Å²) in [6.07, 6.45) is 2.98. The van der Waals surface area contributed by atoms with E-state index in [1.54, 1.807) is 37.5 Å². The predicted octanol–water partition coefficient (Wildman–Crippen LogP) is 5.32. The van der Waals surface area contributed by atoms with E-state index in [-0.39, 0.29) is 11.3 Å². The highest BCUT2D eigenvalue weighted by Crippen LogP contribution is 2.48. The van der Waals surface area contributed by atoms with Gasteiger partial charge in [-0.3, -0.25) is 4.79 Å². The average molecular weight is 425 g/mol. The Kier molecular flexibility index (Phi) is 4.27. The number of fused-ring (bicyclic) bond motifs is 1. The normalized spacial score (nSPS) is 14.8. The second kappa shape index (κ2) is 6.75. The number of aryl methyl sites for hydroxylation is 1. The van der Waals surface area contributed by atoms with Crippen LogP contribution in [0.25, 0.3) is 21.2 Å². The molecule has 4 aromatic rings. The van der Waals surface area contributed by atoms with E-state index in [9.17, 15) is 18.7 Å². The van der Waals surface area contributed by atoms with Gasteiger partial charge < -0.3 is 14.4 Å². The summed E-state index contributed by atoms with van der Waals surface area (Å²) in [7, 11) is 1.65. The van der Waals surface area contributed by atoms with Crippen LogP contribution < -0.4 is 10.3 Å². The maximum Gasteiger partial charge on any atom is 0.259 e. The summed E-state index contributed by atoms with van der Waals surface area (Å²) in [6.45, 7) is 0. The van der Waals surface area contributed by atoms with Crippen LogP contribution in [0.5, 0.6) is 11.5 Å². The lowest BCUT2D eigenvalue weighted by atomic mass is 9.99. The van der Waals surface area contributed by atoms with E-state index in [2.05, 4.69) is 0 Å². The molecule has 7 heteroatoms. The minimum Gasteiger partial charge on any atom is -0.451 e. The van der Waals surface area contributed by atoms with Crippen LogP contribution in [0.15, 0.2) is 58.8 Å². The van der Waals surface area contributed by atoms with Gasteiger partial charge in [0.25, 0.3) is 5.56 Å². The van der Waals surface area contributed by atoms with E-state index in [0.29, 0.717) is 34.9 Å². The lowest BCUT2D eigenvalue weighted by molar-refractivity contribution is 0.151. The number of nitrogens with zero attached hydrogens (tertiary/aromatic N) is 1. The SMILES string of the molecule is Cn1cc(-c2cc(C3(O)CC3)ccc2Oc2c(F)cccc2F)c2sccc2c1=O. The smallest absolute Gasteiger partial charge is 0.259 e. The molecule has 152 valence electrons. The number of benzene rings is 2. The molecule has 0 spiro atoms. The zero-order chi connectivity index (χ0) is 21.0. The number of para-hydroxylation sites is 1. The van der Waals surface area contributed by atoms with Gasteiger partial charge in [-0.2, -0.15) is 0 Å². The van der Waals surface area contributed by atoms with Crippen LogP contribution >= 0.6 is 11.3 Å². The number of hydrogen-bond acceptors (Lipinski definition) is 4. The first kappa shape index (κ1) is 19.0. The minimum absolute atomic E-state index is 0.130. The second-order valence-electron chi connectivity index (χ2n) is 7.52. The van der Waals surface area contributed by atoms with Gasteiger partial charge >= 0.3 is 0 Å². The summed E-state index contributed by atoms with van der Waals surface area (Å²) in [6, 6.07) is 10.4. The van der Waals surface area contributed by atoms with Crippen LogP contribution in [0.2, 0.25) is 0 Å². The Morgan fingerprint density at radius 3 is 2.53 bits per heavy atom. The molecule has 0 radical (unpaired) electrons. The molecule has 2 heterocycles. The van der Waals surface area contributed by atoms with E-state index in [4.69, 9.17) is 4.74 Å². The van der Waals surface area contributed by atoms with Crippen LogP contribution in [-0.4, -0.2) is 9.67 Å². The summed E-state index contributed by atoms with van der Waals surface area (Å²) in [4.78, 5) is 12.5. The molecule has 1 N–H and O–H groups in total. The number of aliphatic hydroxyl groups is 1. The molecule has 1 fully saturated rings. The molecule has 30 heavy (non-hydrogen) atoms. The van der Waals surface area contributed by atoms with Crippen LogP contribution in [-0.2, 0) is 12.6 Å². The third-order valence-electron chi connectivity index (χ3n) is 5.44. The standard InChI is InChI=1S/C23H17F2NO3S/c1-26-12-16(21-14(22(26)27)7-10-30-21)15-11-13(23(28)8-9-23)5-6-19(15)29-20-17(24)3-2-4-18(20)25/h2-7,10-12,28H,8-9H2,1H3. The van der Waals surface area contributed by atoms with Gasteiger partial charge in [0.15, 0.2) is 17.4 Å². The number of thiophene rings is 1. The fourth-order valence-corrected chi connectivity index (χ4v) is 4.51. The zero-order valence-corrected chi connectivity index (χ0v) is 16.8. The molecule has 1 saturated carbocycles. The molecule has 0 unspecified atom stereocenters. The summed E-state index contributed by atoms with van der Waals surface area (Å²) in [5.74, 6) is -1.88. The molecule has 0 amide bonds. The van der Waals surface area contributed by atoms with E-state index in [0.717, 1.165) is 16.8 Å². The maximum absolute atomic E-state index is 14.2. The molecule has 1 aliphatic rings. The van der Waals surface area contributed by atoms with E-state index in [1.807, 2.05) is 5.38 Å². The third kappa shape index (κ3) is 3.02. The fraction of sp³-hybridized carbons (Fsp3) is 0.174. The van der Waals surface area contributed by atoms with Crippen molar-refractivity contribution in [3.05, 3.63) is 81.6 Å². The van der Waals surface area contributed by atoms with E-state index >= 15 is 0 Å². The van der Waals surface area contributed by atoms with Crippen molar-refractivity contribution in [3.8, 4) is 22.6 Å². The lowest BCUT2D eigenvalue weighted by Gasteiger charge is -2.17. The number of pyridine rings is 1. The van der Waals surface area contributed by atoms with Crippen molar-refractivity contribution < 1.29 is 18.6 Å². The van der Waals surface area contributed by atoms with Gasteiger partial charge in [0.2, 0.25) is 0 Å². The van der Waals surface area contributed by atoms with Gasteiger partial charge in [0.05, 0.1) is 11.0 Å². The number of rotatable bonds is 4. The summed E-state index contributed by atoms with van der Waals surface area (Å²) in [5.41, 5.74) is 0.927. The van der Waals surface area contributed by atoms with Crippen LogP contribution in [0.1, 0.15) is 18.4 Å². The summed E-state index contributed by atoms with van der Waals surface area (Å²) < 4.78 is 36.4. The average Bonchev–Trinajstić information content (AvgIpc) is 3.28. The molecular formula is C23H17F2NO3S. The molecule has 5 rings (SSSR count). The summed E-state index contributed by atoms with van der Waals surface area (Å²) >= 11 is 1.40. The number of aromatic nitrogens is 1. The van der Waals surface area contributed by atoms with Crippen molar-refractivity contribution in [1.82, 2.24) is 4.57 Å². The van der Waals surface area contributed by atoms with E-state index in [1.165, 1.54) is 22.0 Å². The minimum atomic E-state index is -0.897. The Balaban J connectivity index is 1.75. The van der Waals surface area contributed by atoms with Crippen LogP contribution in [0, 0.1) is 11.6 Å². The van der Waals surface area contributed by atoms with Gasteiger partial charge in [0, 0.05) is 29.1 Å². The molecule has 0 saturated heterocycles. The molecule has 2 aromatic carbocycles. The highest BCUT2D eigenvalue weighted by Gasteiger charge is 2.42. The fourth-order valence-electron chi connectivity index (χ4n) is 3.59. The van der Waals surface area contributed by atoms with Gasteiger partial charge in [0.1, 0.15) is 5.75 Å². The van der Waals surface area contributed by atoms with Gasteiger partial charge in [-0.05, 0) is 54.1 Å².